The van der Waals surface area contributed by atoms with Crippen molar-refractivity contribution in [1.29, 1.82) is 0 Å². The zero-order valence-electron chi connectivity index (χ0n) is 28.8. The van der Waals surface area contributed by atoms with Crippen molar-refractivity contribution in [3.63, 3.8) is 0 Å². The molecule has 52 heavy (non-hydrogen) atoms. The fourth-order valence-corrected chi connectivity index (χ4v) is 7.87. The van der Waals surface area contributed by atoms with Crippen LogP contribution in [0.3, 0.4) is 0 Å². The third-order valence-corrected chi connectivity index (χ3v) is 10.7. The molecule has 0 radical (unpaired) electrons. The van der Waals surface area contributed by atoms with Crippen molar-refractivity contribution in [3.05, 3.63) is 84.3 Å². The highest BCUT2D eigenvalue weighted by Gasteiger charge is 2.34. The maximum Gasteiger partial charge on any atom is 0.338 e. The fraction of sp³-hybridized carbons (Fsp3) is 0.368. The van der Waals surface area contributed by atoms with E-state index in [9.17, 15) is 18.8 Å². The Hall–Kier alpha value is -5.24. The molecule has 1 aromatic heterocycles. The van der Waals surface area contributed by atoms with E-state index >= 15 is 0 Å². The number of carbonyl (C=O) groups excluding carboxylic acids is 3. The summed E-state index contributed by atoms with van der Waals surface area (Å²) in [5, 5.41) is 7.47. The molecular weight excluding hydrogens is 688 g/mol. The molecule has 0 bridgehead atoms. The average Bonchev–Trinajstić information content (AvgIpc) is 3.52. The van der Waals surface area contributed by atoms with E-state index in [2.05, 4.69) is 21.0 Å². The van der Waals surface area contributed by atoms with Crippen LogP contribution >= 0.6 is 11.8 Å². The molecule has 2 aliphatic heterocycles. The highest BCUT2D eigenvalue weighted by molar-refractivity contribution is 8.00. The number of hydrazine groups is 1. The van der Waals surface area contributed by atoms with Crippen molar-refractivity contribution in [1.82, 2.24) is 25.6 Å². The van der Waals surface area contributed by atoms with Crippen molar-refractivity contribution in [2.24, 2.45) is 0 Å². The van der Waals surface area contributed by atoms with Crippen LogP contribution in [-0.4, -0.2) is 71.0 Å². The number of ether oxygens (including phenoxy) is 3. The van der Waals surface area contributed by atoms with Crippen LogP contribution < -0.4 is 30.3 Å². The van der Waals surface area contributed by atoms with Crippen molar-refractivity contribution in [2.75, 3.05) is 31.3 Å². The number of amides is 5. The molecule has 3 fully saturated rings. The normalized spacial score (nSPS) is 18.3. The summed E-state index contributed by atoms with van der Waals surface area (Å²) in [5.41, 5.74) is 4.48. The van der Waals surface area contributed by atoms with Gasteiger partial charge in [0.1, 0.15) is 28.8 Å². The number of anilines is 1. The molecule has 1 saturated carbocycles. The second-order valence-electron chi connectivity index (χ2n) is 13.1. The van der Waals surface area contributed by atoms with Gasteiger partial charge in [0.05, 0.1) is 18.4 Å². The van der Waals surface area contributed by atoms with E-state index in [1.54, 1.807) is 55.8 Å². The lowest BCUT2D eigenvalue weighted by Gasteiger charge is -2.34. The summed E-state index contributed by atoms with van der Waals surface area (Å²) < 4.78 is 31.8. The Morgan fingerprint density at radius 1 is 0.904 bits per heavy atom. The number of likely N-dealkylation sites (tertiary alicyclic amines) is 1. The second kappa shape index (κ2) is 16.0. The zero-order valence-corrected chi connectivity index (χ0v) is 29.6. The summed E-state index contributed by atoms with van der Waals surface area (Å²) in [6, 6.07) is 17.8. The maximum absolute atomic E-state index is 13.4. The minimum absolute atomic E-state index is 0.0221. The van der Waals surface area contributed by atoms with Crippen LogP contribution in [-0.2, 0) is 4.79 Å². The van der Waals surface area contributed by atoms with Gasteiger partial charge in [-0.3, -0.25) is 9.78 Å². The van der Waals surface area contributed by atoms with E-state index < -0.39 is 11.4 Å². The van der Waals surface area contributed by atoms with Gasteiger partial charge in [-0.1, -0.05) is 31.4 Å². The number of thioether (sulfide) groups is 1. The number of piperidine rings is 1. The molecule has 4 aromatic rings. The molecule has 3 aliphatic rings. The first-order valence-corrected chi connectivity index (χ1v) is 18.6. The van der Waals surface area contributed by atoms with E-state index in [0.29, 0.717) is 65.7 Å². The SMILES string of the molecule is COc1cc2c(Oc3ccc(NC(=O)NN4C(=O)CSC4c4ccc(F)cc4)cc3)ccnc2cc1OC1CCN(C(=O)NC2CCCCC2)CC1. The highest BCUT2D eigenvalue weighted by atomic mass is 32.2. The van der Waals surface area contributed by atoms with Gasteiger partial charge >= 0.3 is 12.1 Å². The summed E-state index contributed by atoms with van der Waals surface area (Å²) in [6.07, 6.45) is 8.75. The number of fused-ring (bicyclic) bond motifs is 1. The van der Waals surface area contributed by atoms with Gasteiger partial charge in [0, 0.05) is 55.3 Å². The predicted octanol–water partition coefficient (Wildman–Crippen LogP) is 7.37. The van der Waals surface area contributed by atoms with E-state index in [-0.39, 0.29) is 35.7 Å². The molecule has 3 aromatic carbocycles. The van der Waals surface area contributed by atoms with Gasteiger partial charge in [-0.25, -0.2) is 24.4 Å². The monoisotopic (exact) mass is 728 g/mol. The quantitative estimate of drug-likeness (QED) is 0.163. The molecule has 5 amide bonds. The van der Waals surface area contributed by atoms with Gasteiger partial charge in [-0.2, -0.15) is 0 Å². The van der Waals surface area contributed by atoms with E-state index in [4.69, 9.17) is 14.2 Å². The van der Waals surface area contributed by atoms with Crippen LogP contribution in [0.4, 0.5) is 19.7 Å². The van der Waals surface area contributed by atoms with Crippen LogP contribution in [0, 0.1) is 5.82 Å². The number of halogens is 1. The van der Waals surface area contributed by atoms with Crippen molar-refractivity contribution in [3.8, 4) is 23.0 Å². The maximum atomic E-state index is 13.4. The van der Waals surface area contributed by atoms with Gasteiger partial charge in [-0.05, 0) is 66.9 Å². The molecule has 2 saturated heterocycles. The fourth-order valence-electron chi connectivity index (χ4n) is 6.76. The van der Waals surface area contributed by atoms with Crippen LogP contribution in [0.2, 0.25) is 0 Å². The molecular formula is C38H41FN6O6S. The lowest BCUT2D eigenvalue weighted by Crippen LogP contribution is -2.49. The number of rotatable bonds is 9. The van der Waals surface area contributed by atoms with Gasteiger partial charge < -0.3 is 29.7 Å². The first-order chi connectivity index (χ1) is 25.3. The van der Waals surface area contributed by atoms with Crippen LogP contribution in [0.5, 0.6) is 23.0 Å². The summed E-state index contributed by atoms with van der Waals surface area (Å²) >= 11 is 1.35. The second-order valence-corrected chi connectivity index (χ2v) is 14.2. The standard InChI is InChI=1S/C38H41FN6O6S/c1-49-33-21-30-31(22-34(33)51-29-16-19-44(20-17-29)38(48)42-26-5-3-2-4-6-26)40-18-15-32(30)50-28-13-11-27(12-14-28)41-37(47)43-45-35(46)23-52-36(45)24-7-9-25(39)10-8-24/h7-15,18,21-22,26,29,36H,2-6,16-17,19-20,23H2,1H3,(H,42,48)(H2,41,43,47). The first-order valence-electron chi connectivity index (χ1n) is 17.6. The minimum atomic E-state index is -0.590. The molecule has 1 atom stereocenters. The predicted molar refractivity (Wildman–Crippen MR) is 196 cm³/mol. The number of urea groups is 2. The van der Waals surface area contributed by atoms with Gasteiger partial charge in [0.15, 0.2) is 11.5 Å². The summed E-state index contributed by atoms with van der Waals surface area (Å²) in [7, 11) is 1.59. The number of hydrogen-bond acceptors (Lipinski definition) is 8. The molecule has 272 valence electrons. The Bertz CT molecular complexity index is 1900. The molecule has 0 spiro atoms. The summed E-state index contributed by atoms with van der Waals surface area (Å²) in [6.45, 7) is 1.26. The number of nitrogens with zero attached hydrogens (tertiary/aromatic N) is 3. The van der Waals surface area contributed by atoms with Crippen LogP contribution in [0.1, 0.15) is 55.9 Å². The van der Waals surface area contributed by atoms with E-state index in [0.717, 1.165) is 18.2 Å². The van der Waals surface area contributed by atoms with E-state index in [1.807, 2.05) is 17.0 Å². The van der Waals surface area contributed by atoms with Gasteiger partial charge in [0.2, 0.25) is 0 Å². The summed E-state index contributed by atoms with van der Waals surface area (Å²) in [5.74, 6) is 1.77. The van der Waals surface area contributed by atoms with Crippen LogP contribution in [0.15, 0.2) is 72.9 Å². The molecule has 3 heterocycles. The largest absolute Gasteiger partial charge is 0.493 e. The lowest BCUT2D eigenvalue weighted by atomic mass is 9.96. The number of carbonyl (C=O) groups is 3. The molecule has 12 nitrogen and oxygen atoms in total. The third-order valence-electron chi connectivity index (χ3n) is 9.53. The number of benzene rings is 3. The van der Waals surface area contributed by atoms with Crippen molar-refractivity contribution < 1.29 is 33.0 Å². The van der Waals surface area contributed by atoms with Crippen molar-refractivity contribution in [2.45, 2.75) is 62.5 Å². The zero-order chi connectivity index (χ0) is 36.0. The number of hydrogen-bond donors (Lipinski definition) is 3. The minimum Gasteiger partial charge on any atom is -0.493 e. The Kier molecular flexibility index (Phi) is 10.8. The number of methoxy groups -OCH3 is 1. The van der Waals surface area contributed by atoms with Crippen LogP contribution in [0.25, 0.3) is 10.9 Å². The molecule has 3 N–H and O–H groups in total. The average molecular weight is 729 g/mol. The smallest absolute Gasteiger partial charge is 0.338 e. The van der Waals surface area contributed by atoms with Crippen molar-refractivity contribution >= 4 is 46.3 Å². The Morgan fingerprint density at radius 3 is 2.38 bits per heavy atom. The number of nitrogens with one attached hydrogen (secondary N) is 3. The topological polar surface area (TPSA) is 134 Å². The highest BCUT2D eigenvalue weighted by Crippen LogP contribution is 2.39. The molecule has 1 aliphatic carbocycles. The molecule has 1 unspecified atom stereocenters. The third kappa shape index (κ3) is 8.28. The Labute approximate surface area is 305 Å². The van der Waals surface area contributed by atoms with Gasteiger partial charge in [0.25, 0.3) is 5.91 Å². The number of pyridine rings is 1. The number of aromatic nitrogens is 1. The first kappa shape index (κ1) is 35.2. The molecule has 7 rings (SSSR count). The van der Waals surface area contributed by atoms with E-state index in [1.165, 1.54) is 48.2 Å². The molecule has 14 heteroatoms. The van der Waals surface area contributed by atoms with Gasteiger partial charge in [-0.15, -0.1) is 11.8 Å². The Morgan fingerprint density at radius 2 is 1.65 bits per heavy atom. The lowest BCUT2D eigenvalue weighted by molar-refractivity contribution is -0.130. The Balaban J connectivity index is 0.951. The summed E-state index contributed by atoms with van der Waals surface area (Å²) in [4.78, 5) is 44.6.